The van der Waals surface area contributed by atoms with E-state index in [-0.39, 0.29) is 17.3 Å². The maximum absolute atomic E-state index is 13.3. The van der Waals surface area contributed by atoms with Gasteiger partial charge < -0.3 is 5.73 Å². The minimum atomic E-state index is -1.50. The van der Waals surface area contributed by atoms with Crippen molar-refractivity contribution in [3.05, 3.63) is 41.5 Å². The second-order valence-corrected chi connectivity index (χ2v) is 4.43. The molecule has 19 heavy (non-hydrogen) atoms. The van der Waals surface area contributed by atoms with E-state index in [0.29, 0.717) is 11.3 Å². The lowest BCUT2D eigenvalue weighted by atomic mass is 9.97. The lowest BCUT2D eigenvalue weighted by Gasteiger charge is -2.13. The Bertz CT molecular complexity index is 604. The molecule has 2 N–H and O–H groups in total. The van der Waals surface area contributed by atoms with Crippen LogP contribution in [0.5, 0.6) is 0 Å². The third-order valence-corrected chi connectivity index (χ3v) is 2.75. The van der Waals surface area contributed by atoms with Crippen molar-refractivity contribution < 1.29 is 13.2 Å². The Hall–Kier alpha value is -2.11. The number of nitrogen functional groups attached to an aromatic ring is 1. The van der Waals surface area contributed by atoms with Crippen LogP contribution in [0.3, 0.4) is 0 Å². The molecular formula is C13H12F3N3. The molecule has 0 spiro atoms. The van der Waals surface area contributed by atoms with E-state index in [1.165, 1.54) is 6.33 Å². The molecule has 0 radical (unpaired) electrons. The molecule has 0 amide bonds. The van der Waals surface area contributed by atoms with Crippen molar-refractivity contribution in [3.8, 4) is 11.3 Å². The van der Waals surface area contributed by atoms with Crippen molar-refractivity contribution in [2.45, 2.75) is 19.8 Å². The van der Waals surface area contributed by atoms with Gasteiger partial charge in [0.15, 0.2) is 17.5 Å². The molecule has 0 atom stereocenters. The maximum Gasteiger partial charge on any atom is 0.194 e. The second kappa shape index (κ2) is 4.87. The summed E-state index contributed by atoms with van der Waals surface area (Å²) < 4.78 is 39.5. The Labute approximate surface area is 108 Å². The van der Waals surface area contributed by atoms with Crippen LogP contribution in [0.4, 0.5) is 19.0 Å². The van der Waals surface area contributed by atoms with Crippen LogP contribution >= 0.6 is 0 Å². The quantitative estimate of drug-likeness (QED) is 0.850. The van der Waals surface area contributed by atoms with E-state index < -0.39 is 17.5 Å². The van der Waals surface area contributed by atoms with Gasteiger partial charge in [0.1, 0.15) is 12.1 Å². The van der Waals surface area contributed by atoms with Gasteiger partial charge in [0.2, 0.25) is 0 Å². The largest absolute Gasteiger partial charge is 0.383 e. The van der Waals surface area contributed by atoms with Gasteiger partial charge in [0, 0.05) is 11.1 Å². The normalized spacial score (nSPS) is 11.1. The Kier molecular flexibility index (Phi) is 3.42. The van der Waals surface area contributed by atoms with Gasteiger partial charge >= 0.3 is 0 Å². The Morgan fingerprint density at radius 1 is 1.05 bits per heavy atom. The molecular weight excluding hydrogens is 255 g/mol. The van der Waals surface area contributed by atoms with Crippen LogP contribution in [-0.4, -0.2) is 9.97 Å². The van der Waals surface area contributed by atoms with E-state index in [9.17, 15) is 13.2 Å². The van der Waals surface area contributed by atoms with Crippen LogP contribution in [0, 0.1) is 17.5 Å². The molecule has 1 aromatic carbocycles. The zero-order valence-corrected chi connectivity index (χ0v) is 10.4. The van der Waals surface area contributed by atoms with Crippen molar-refractivity contribution in [2.75, 3.05) is 5.73 Å². The van der Waals surface area contributed by atoms with Crippen molar-refractivity contribution in [3.63, 3.8) is 0 Å². The molecule has 3 nitrogen and oxygen atoms in total. The Morgan fingerprint density at radius 3 is 2.16 bits per heavy atom. The average molecular weight is 267 g/mol. The third-order valence-electron chi connectivity index (χ3n) is 2.75. The number of anilines is 1. The van der Waals surface area contributed by atoms with Gasteiger partial charge in [-0.3, -0.25) is 0 Å². The van der Waals surface area contributed by atoms with E-state index in [1.54, 1.807) is 0 Å². The summed E-state index contributed by atoms with van der Waals surface area (Å²) in [4.78, 5) is 7.85. The highest BCUT2D eigenvalue weighted by Gasteiger charge is 2.18. The molecule has 0 bridgehead atoms. The summed E-state index contributed by atoms with van der Waals surface area (Å²) in [5.74, 6) is -3.82. The molecule has 100 valence electrons. The van der Waals surface area contributed by atoms with Gasteiger partial charge in [-0.1, -0.05) is 13.8 Å². The van der Waals surface area contributed by atoms with Crippen molar-refractivity contribution >= 4 is 5.82 Å². The maximum atomic E-state index is 13.3. The second-order valence-electron chi connectivity index (χ2n) is 4.43. The molecule has 0 aliphatic rings. The number of nitrogens with two attached hydrogens (primary N) is 1. The minimum Gasteiger partial charge on any atom is -0.383 e. The first-order valence-corrected chi connectivity index (χ1v) is 5.67. The first-order chi connectivity index (χ1) is 8.91. The van der Waals surface area contributed by atoms with Crippen molar-refractivity contribution in [1.82, 2.24) is 9.97 Å². The lowest BCUT2D eigenvalue weighted by Crippen LogP contribution is -2.05. The first-order valence-electron chi connectivity index (χ1n) is 5.67. The Balaban J connectivity index is 2.69. The number of aromatic nitrogens is 2. The van der Waals surface area contributed by atoms with Crippen LogP contribution in [0.2, 0.25) is 0 Å². The summed E-state index contributed by atoms with van der Waals surface area (Å²) in [7, 11) is 0. The van der Waals surface area contributed by atoms with E-state index >= 15 is 0 Å². The SMILES string of the molecule is CC(C)c1c(N)ncnc1-c1cc(F)c(F)c(F)c1. The van der Waals surface area contributed by atoms with Gasteiger partial charge in [-0.05, 0) is 18.1 Å². The van der Waals surface area contributed by atoms with E-state index in [4.69, 9.17) is 5.73 Å². The van der Waals surface area contributed by atoms with E-state index in [2.05, 4.69) is 9.97 Å². The molecule has 2 aromatic rings. The van der Waals surface area contributed by atoms with Gasteiger partial charge in [-0.15, -0.1) is 0 Å². The monoisotopic (exact) mass is 267 g/mol. The predicted octanol–water partition coefficient (Wildman–Crippen LogP) is 3.27. The summed E-state index contributed by atoms with van der Waals surface area (Å²) in [6.07, 6.45) is 1.20. The van der Waals surface area contributed by atoms with Crippen LogP contribution in [-0.2, 0) is 0 Å². The fraction of sp³-hybridized carbons (Fsp3) is 0.231. The highest BCUT2D eigenvalue weighted by molar-refractivity contribution is 5.68. The van der Waals surface area contributed by atoms with Crippen LogP contribution in [0.25, 0.3) is 11.3 Å². The summed E-state index contributed by atoms with van der Waals surface area (Å²) >= 11 is 0. The molecule has 0 aliphatic carbocycles. The van der Waals surface area contributed by atoms with E-state index in [0.717, 1.165) is 12.1 Å². The highest BCUT2D eigenvalue weighted by Crippen LogP contribution is 2.31. The molecule has 0 saturated heterocycles. The molecule has 0 saturated carbocycles. The number of hydrogen-bond donors (Lipinski definition) is 1. The molecule has 0 aliphatic heterocycles. The van der Waals surface area contributed by atoms with Gasteiger partial charge in [0.05, 0.1) is 5.69 Å². The van der Waals surface area contributed by atoms with Gasteiger partial charge in [0.25, 0.3) is 0 Å². The summed E-state index contributed by atoms with van der Waals surface area (Å²) in [6.45, 7) is 3.71. The highest BCUT2D eigenvalue weighted by atomic mass is 19.2. The average Bonchev–Trinajstić information content (AvgIpc) is 2.34. The summed E-state index contributed by atoms with van der Waals surface area (Å²) in [6, 6.07) is 1.79. The number of hydrogen-bond acceptors (Lipinski definition) is 3. The molecule has 1 heterocycles. The third kappa shape index (κ3) is 2.38. The molecule has 2 rings (SSSR count). The van der Waals surface area contributed by atoms with Crippen LogP contribution in [0.15, 0.2) is 18.5 Å². The number of rotatable bonds is 2. The summed E-state index contributed by atoms with van der Waals surface area (Å²) in [5.41, 5.74) is 6.77. The fourth-order valence-corrected chi connectivity index (χ4v) is 1.90. The predicted molar refractivity (Wildman–Crippen MR) is 65.8 cm³/mol. The van der Waals surface area contributed by atoms with Crippen molar-refractivity contribution in [1.29, 1.82) is 0 Å². The molecule has 6 heteroatoms. The van der Waals surface area contributed by atoms with Gasteiger partial charge in [-0.2, -0.15) is 0 Å². The topological polar surface area (TPSA) is 51.8 Å². The molecule has 1 aromatic heterocycles. The van der Waals surface area contributed by atoms with Gasteiger partial charge in [-0.25, -0.2) is 23.1 Å². The molecule has 0 unspecified atom stereocenters. The van der Waals surface area contributed by atoms with Crippen LogP contribution < -0.4 is 5.73 Å². The smallest absolute Gasteiger partial charge is 0.194 e. The number of benzene rings is 1. The first kappa shape index (κ1) is 13.3. The zero-order valence-electron chi connectivity index (χ0n) is 10.4. The van der Waals surface area contributed by atoms with E-state index in [1.807, 2.05) is 13.8 Å². The molecule has 0 fully saturated rings. The minimum absolute atomic E-state index is 0.0348. The zero-order chi connectivity index (χ0) is 14.2. The number of halogens is 3. The standard InChI is InChI=1S/C13H12F3N3/c1-6(2)10-12(18-5-19-13(10)17)7-3-8(14)11(16)9(15)4-7/h3-6H,1-2H3,(H2,17,18,19). The number of nitrogens with zero attached hydrogens (tertiary/aromatic N) is 2. The lowest BCUT2D eigenvalue weighted by molar-refractivity contribution is 0.447. The summed E-state index contributed by atoms with van der Waals surface area (Å²) in [5, 5.41) is 0. The Morgan fingerprint density at radius 2 is 1.63 bits per heavy atom. The fourth-order valence-electron chi connectivity index (χ4n) is 1.90. The van der Waals surface area contributed by atoms with Crippen molar-refractivity contribution in [2.24, 2.45) is 0 Å². The van der Waals surface area contributed by atoms with Crippen LogP contribution in [0.1, 0.15) is 25.3 Å².